The minimum atomic E-state index is -0.419. The van der Waals surface area contributed by atoms with Crippen LogP contribution in [0.3, 0.4) is 0 Å². The number of benzene rings is 2. The van der Waals surface area contributed by atoms with Crippen molar-refractivity contribution in [1.29, 1.82) is 0 Å². The lowest BCUT2D eigenvalue weighted by atomic mass is 10.1. The van der Waals surface area contributed by atoms with E-state index >= 15 is 0 Å². The Kier molecular flexibility index (Phi) is 6.01. The van der Waals surface area contributed by atoms with Gasteiger partial charge >= 0.3 is 0 Å². The van der Waals surface area contributed by atoms with Crippen LogP contribution in [0.2, 0.25) is 5.02 Å². The summed E-state index contributed by atoms with van der Waals surface area (Å²) in [4.78, 5) is 24.5. The first-order valence-electron chi connectivity index (χ1n) is 8.55. The summed E-state index contributed by atoms with van der Waals surface area (Å²) in [5.74, 6) is 0.488. The number of carbonyl (C=O) groups is 2. The minimum absolute atomic E-state index is 0.131. The summed E-state index contributed by atoms with van der Waals surface area (Å²) in [5.41, 5.74) is 2.16. The van der Waals surface area contributed by atoms with Gasteiger partial charge in [-0.1, -0.05) is 29.3 Å². The molecule has 0 saturated carbocycles. The predicted molar refractivity (Wildman–Crippen MR) is 107 cm³/mol. The number of ether oxygens (including phenoxy) is 1. The summed E-state index contributed by atoms with van der Waals surface area (Å²) in [6, 6.07) is 15.4. The Labute approximate surface area is 167 Å². The minimum Gasteiger partial charge on any atom is -0.495 e. The van der Waals surface area contributed by atoms with E-state index in [0.717, 1.165) is 5.56 Å². The first kappa shape index (κ1) is 19.5. The molecular weight excluding hydrogens is 380 g/mol. The molecule has 0 aliphatic carbocycles. The number of methoxy groups -OCH3 is 1. The number of aryl methyl sites for hydroxylation is 1. The van der Waals surface area contributed by atoms with Crippen LogP contribution in [0.15, 0.2) is 59.0 Å². The quantitative estimate of drug-likeness (QED) is 0.643. The normalized spacial score (nSPS) is 10.4. The lowest BCUT2D eigenvalue weighted by molar-refractivity contribution is 0.0948. The van der Waals surface area contributed by atoms with Gasteiger partial charge in [-0.3, -0.25) is 9.59 Å². The molecule has 3 aromatic rings. The summed E-state index contributed by atoms with van der Waals surface area (Å²) >= 11 is 6.05. The van der Waals surface area contributed by atoms with E-state index in [1.807, 2.05) is 19.1 Å². The van der Waals surface area contributed by atoms with Crippen LogP contribution < -0.4 is 15.4 Å². The van der Waals surface area contributed by atoms with E-state index in [9.17, 15) is 9.59 Å². The SMILES string of the molecule is COc1ccc(NC(=O)c2ccc(CNC(=O)c3ccc(C)cc3)o2)cc1Cl. The zero-order valence-corrected chi connectivity index (χ0v) is 16.2. The van der Waals surface area contributed by atoms with Crippen LogP contribution in [0.4, 0.5) is 5.69 Å². The van der Waals surface area contributed by atoms with Gasteiger partial charge in [-0.2, -0.15) is 0 Å². The number of carbonyl (C=O) groups excluding carboxylic acids is 2. The molecule has 7 heteroatoms. The van der Waals surface area contributed by atoms with Gasteiger partial charge in [-0.05, 0) is 49.4 Å². The Hall–Kier alpha value is -3.25. The summed E-state index contributed by atoms with van der Waals surface area (Å²) in [5, 5.41) is 5.85. The summed E-state index contributed by atoms with van der Waals surface area (Å²) in [6.07, 6.45) is 0. The number of hydrogen-bond acceptors (Lipinski definition) is 4. The van der Waals surface area contributed by atoms with Crippen LogP contribution in [-0.2, 0) is 6.54 Å². The van der Waals surface area contributed by atoms with E-state index in [4.69, 9.17) is 20.8 Å². The van der Waals surface area contributed by atoms with Crippen molar-refractivity contribution in [2.45, 2.75) is 13.5 Å². The fourth-order valence-electron chi connectivity index (χ4n) is 2.51. The van der Waals surface area contributed by atoms with Crippen LogP contribution in [0, 0.1) is 6.92 Å². The molecule has 0 bridgehead atoms. The molecule has 1 aromatic heterocycles. The number of anilines is 1. The third kappa shape index (κ3) is 4.72. The van der Waals surface area contributed by atoms with Gasteiger partial charge in [0, 0.05) is 11.3 Å². The van der Waals surface area contributed by atoms with Crippen molar-refractivity contribution in [2.24, 2.45) is 0 Å². The first-order valence-corrected chi connectivity index (χ1v) is 8.92. The van der Waals surface area contributed by atoms with Crippen molar-refractivity contribution < 1.29 is 18.7 Å². The molecule has 2 aromatic carbocycles. The summed E-state index contributed by atoms with van der Waals surface area (Å²) in [7, 11) is 1.52. The van der Waals surface area contributed by atoms with E-state index in [0.29, 0.717) is 27.8 Å². The number of nitrogens with one attached hydrogen (secondary N) is 2. The maximum absolute atomic E-state index is 12.3. The number of amides is 2. The molecule has 0 atom stereocenters. The molecule has 2 amide bonds. The number of hydrogen-bond donors (Lipinski definition) is 2. The Bertz CT molecular complexity index is 996. The van der Waals surface area contributed by atoms with Crippen molar-refractivity contribution in [3.05, 3.63) is 82.3 Å². The number of rotatable bonds is 6. The van der Waals surface area contributed by atoms with Crippen LogP contribution in [0.5, 0.6) is 5.75 Å². The molecule has 0 unspecified atom stereocenters. The molecule has 0 saturated heterocycles. The molecule has 0 radical (unpaired) electrons. The molecular formula is C21H19ClN2O4. The van der Waals surface area contributed by atoms with E-state index in [1.165, 1.54) is 7.11 Å². The maximum Gasteiger partial charge on any atom is 0.291 e. The average Bonchev–Trinajstić information content (AvgIpc) is 3.16. The highest BCUT2D eigenvalue weighted by Crippen LogP contribution is 2.27. The molecule has 144 valence electrons. The molecule has 0 spiro atoms. The molecule has 6 nitrogen and oxygen atoms in total. The second kappa shape index (κ2) is 8.63. The first-order chi connectivity index (χ1) is 13.5. The Morgan fingerprint density at radius 2 is 1.79 bits per heavy atom. The molecule has 28 heavy (non-hydrogen) atoms. The van der Waals surface area contributed by atoms with E-state index in [2.05, 4.69) is 10.6 Å². The van der Waals surface area contributed by atoms with Gasteiger partial charge in [0.25, 0.3) is 11.8 Å². The smallest absolute Gasteiger partial charge is 0.291 e. The van der Waals surface area contributed by atoms with Crippen LogP contribution in [-0.4, -0.2) is 18.9 Å². The van der Waals surface area contributed by atoms with Crippen LogP contribution in [0.1, 0.15) is 32.2 Å². The van der Waals surface area contributed by atoms with Crippen LogP contribution in [0.25, 0.3) is 0 Å². The molecule has 3 rings (SSSR count). The number of halogens is 1. The highest BCUT2D eigenvalue weighted by molar-refractivity contribution is 6.32. The van der Waals surface area contributed by atoms with Crippen molar-refractivity contribution in [3.63, 3.8) is 0 Å². The molecule has 0 fully saturated rings. The third-order valence-electron chi connectivity index (χ3n) is 4.03. The summed E-state index contributed by atoms with van der Waals surface area (Å²) < 4.78 is 10.6. The lowest BCUT2D eigenvalue weighted by Gasteiger charge is -2.07. The second-order valence-corrected chi connectivity index (χ2v) is 6.53. The Morgan fingerprint density at radius 3 is 2.46 bits per heavy atom. The molecule has 0 aliphatic rings. The van der Waals surface area contributed by atoms with Gasteiger partial charge in [-0.15, -0.1) is 0 Å². The van der Waals surface area contributed by atoms with Crippen molar-refractivity contribution in [3.8, 4) is 5.75 Å². The highest BCUT2D eigenvalue weighted by Gasteiger charge is 2.13. The highest BCUT2D eigenvalue weighted by atomic mass is 35.5. The predicted octanol–water partition coefficient (Wildman–Crippen LogP) is 4.43. The van der Waals surface area contributed by atoms with Crippen molar-refractivity contribution >= 4 is 29.1 Å². The number of furan rings is 1. The van der Waals surface area contributed by atoms with Gasteiger partial charge in [-0.25, -0.2) is 0 Å². The fraction of sp³-hybridized carbons (Fsp3) is 0.143. The fourth-order valence-corrected chi connectivity index (χ4v) is 2.76. The Balaban J connectivity index is 1.58. The monoisotopic (exact) mass is 398 g/mol. The average molecular weight is 399 g/mol. The zero-order valence-electron chi connectivity index (χ0n) is 15.4. The molecule has 1 heterocycles. The largest absolute Gasteiger partial charge is 0.495 e. The van der Waals surface area contributed by atoms with Gasteiger partial charge in [0.1, 0.15) is 11.5 Å². The third-order valence-corrected chi connectivity index (χ3v) is 4.33. The topological polar surface area (TPSA) is 80.6 Å². The summed E-state index contributed by atoms with van der Waals surface area (Å²) in [6.45, 7) is 2.13. The van der Waals surface area contributed by atoms with Crippen molar-refractivity contribution in [1.82, 2.24) is 5.32 Å². The standard InChI is InChI=1S/C21H19ClN2O4/c1-13-3-5-14(6-4-13)20(25)23-12-16-8-10-19(28-16)21(26)24-15-7-9-18(27-2)17(22)11-15/h3-11H,12H2,1-2H3,(H,23,25)(H,24,26). The van der Waals surface area contributed by atoms with Gasteiger partial charge in [0.05, 0.1) is 18.7 Å². The van der Waals surface area contributed by atoms with Crippen molar-refractivity contribution in [2.75, 3.05) is 12.4 Å². The van der Waals surface area contributed by atoms with Gasteiger partial charge in [0.2, 0.25) is 0 Å². The van der Waals surface area contributed by atoms with Gasteiger partial charge in [0.15, 0.2) is 5.76 Å². The Morgan fingerprint density at radius 1 is 1.04 bits per heavy atom. The van der Waals surface area contributed by atoms with E-state index in [-0.39, 0.29) is 18.2 Å². The maximum atomic E-state index is 12.3. The molecule has 0 aliphatic heterocycles. The van der Waals surface area contributed by atoms with E-state index in [1.54, 1.807) is 42.5 Å². The van der Waals surface area contributed by atoms with Gasteiger partial charge < -0.3 is 19.8 Å². The van der Waals surface area contributed by atoms with E-state index < -0.39 is 5.91 Å². The second-order valence-electron chi connectivity index (χ2n) is 6.12. The zero-order chi connectivity index (χ0) is 20.1. The lowest BCUT2D eigenvalue weighted by Crippen LogP contribution is -2.22. The molecule has 2 N–H and O–H groups in total. The van der Waals surface area contributed by atoms with Crippen LogP contribution >= 0.6 is 11.6 Å².